The van der Waals surface area contributed by atoms with E-state index >= 15 is 0 Å². The number of hydrogen-bond donors (Lipinski definition) is 0. The highest BCUT2D eigenvalue weighted by Crippen LogP contribution is 2.20. The number of benzene rings is 1. The number of thioether (sulfide) groups is 1. The Bertz CT molecular complexity index is 223. The first kappa shape index (κ1) is 9.39. The van der Waals surface area contributed by atoms with Crippen LogP contribution in [0.5, 0.6) is 0 Å². The molecule has 0 aliphatic rings. The van der Waals surface area contributed by atoms with Gasteiger partial charge < -0.3 is 0 Å². The van der Waals surface area contributed by atoms with Gasteiger partial charge >= 0.3 is 0 Å². The Balaban J connectivity index is 3.02. The van der Waals surface area contributed by atoms with E-state index in [-0.39, 0.29) is 0 Å². The molecule has 0 heterocycles. The molecule has 0 unspecified atom stereocenters. The van der Waals surface area contributed by atoms with Crippen LogP contribution in [0.25, 0.3) is 0 Å². The second-order valence-electron chi connectivity index (χ2n) is 2.35. The molecule has 60 valence electrons. The summed E-state index contributed by atoms with van der Waals surface area (Å²) in [4.78, 5) is 1.37. The fraction of sp³-hybridized carbons (Fsp3) is 0.333. The van der Waals surface area contributed by atoms with Gasteiger partial charge in [0.1, 0.15) is 0 Å². The van der Waals surface area contributed by atoms with Crippen LogP contribution in [0.2, 0.25) is 0 Å². The van der Waals surface area contributed by atoms with Crippen molar-refractivity contribution in [1.29, 1.82) is 0 Å². The van der Waals surface area contributed by atoms with E-state index in [1.54, 1.807) is 0 Å². The number of aryl methyl sites for hydroxylation is 1. The van der Waals surface area contributed by atoms with Crippen molar-refractivity contribution < 1.29 is 0 Å². The van der Waals surface area contributed by atoms with Crippen molar-refractivity contribution in [3.05, 3.63) is 27.3 Å². The summed E-state index contributed by atoms with van der Waals surface area (Å²) >= 11 is 4.17. The largest absolute Gasteiger partial charge is 0.130 e. The van der Waals surface area contributed by atoms with Gasteiger partial charge in [0.2, 0.25) is 0 Å². The van der Waals surface area contributed by atoms with E-state index in [2.05, 4.69) is 54.0 Å². The molecule has 0 aliphatic carbocycles. The first-order valence-electron chi connectivity index (χ1n) is 3.59. The van der Waals surface area contributed by atoms with Crippen molar-refractivity contribution in [3.8, 4) is 0 Å². The van der Waals surface area contributed by atoms with E-state index in [1.165, 1.54) is 14.0 Å². The Kier molecular flexibility index (Phi) is 3.72. The van der Waals surface area contributed by atoms with Gasteiger partial charge in [-0.3, -0.25) is 0 Å². The lowest BCUT2D eigenvalue weighted by Gasteiger charge is -2.01. The van der Waals surface area contributed by atoms with Crippen LogP contribution in [0.15, 0.2) is 23.1 Å². The third-order valence-electron chi connectivity index (χ3n) is 1.58. The maximum absolute atomic E-state index is 2.36. The molecule has 11 heavy (non-hydrogen) atoms. The maximum atomic E-state index is 2.36. The third kappa shape index (κ3) is 2.67. The SMILES string of the molecule is CCc1cc(I)cc(SC)c1. The zero-order valence-corrected chi connectivity index (χ0v) is 9.70. The highest BCUT2D eigenvalue weighted by molar-refractivity contribution is 14.1. The summed E-state index contributed by atoms with van der Waals surface area (Å²) in [6.07, 6.45) is 3.25. The van der Waals surface area contributed by atoms with Crippen molar-refractivity contribution in [2.45, 2.75) is 18.2 Å². The van der Waals surface area contributed by atoms with Crippen LogP contribution in [0.3, 0.4) is 0 Å². The van der Waals surface area contributed by atoms with Crippen LogP contribution in [-0.4, -0.2) is 6.26 Å². The first-order chi connectivity index (χ1) is 5.26. The number of rotatable bonds is 2. The molecule has 1 aromatic carbocycles. The first-order valence-corrected chi connectivity index (χ1v) is 5.90. The second kappa shape index (κ2) is 4.36. The van der Waals surface area contributed by atoms with Crippen LogP contribution in [0.1, 0.15) is 12.5 Å². The molecule has 0 aliphatic heterocycles. The van der Waals surface area contributed by atoms with Crippen molar-refractivity contribution >= 4 is 34.4 Å². The van der Waals surface area contributed by atoms with Gasteiger partial charge in [-0.15, -0.1) is 11.8 Å². The molecule has 1 aromatic rings. The normalized spacial score (nSPS) is 10.1. The molecule has 0 amide bonds. The molecule has 0 saturated carbocycles. The molecule has 1 rings (SSSR count). The minimum Gasteiger partial charge on any atom is -0.130 e. The van der Waals surface area contributed by atoms with Crippen molar-refractivity contribution in [1.82, 2.24) is 0 Å². The van der Waals surface area contributed by atoms with Crippen LogP contribution in [0, 0.1) is 3.57 Å². The minimum atomic E-state index is 1.13. The predicted octanol–water partition coefficient (Wildman–Crippen LogP) is 3.58. The van der Waals surface area contributed by atoms with E-state index in [0.29, 0.717) is 0 Å². The van der Waals surface area contributed by atoms with E-state index < -0.39 is 0 Å². The second-order valence-corrected chi connectivity index (χ2v) is 4.48. The van der Waals surface area contributed by atoms with Gasteiger partial charge in [0.25, 0.3) is 0 Å². The monoisotopic (exact) mass is 278 g/mol. The molecule has 0 aromatic heterocycles. The smallest absolute Gasteiger partial charge is 0.0144 e. The fourth-order valence-corrected chi connectivity index (χ4v) is 2.40. The molecular formula is C9H11IS. The van der Waals surface area contributed by atoms with Crippen molar-refractivity contribution in [2.24, 2.45) is 0 Å². The summed E-state index contributed by atoms with van der Waals surface area (Å²) in [5.74, 6) is 0. The Labute approximate surface area is 85.9 Å². The van der Waals surface area contributed by atoms with Crippen LogP contribution in [-0.2, 0) is 6.42 Å². The summed E-state index contributed by atoms with van der Waals surface area (Å²) in [5.41, 5.74) is 1.43. The van der Waals surface area contributed by atoms with Gasteiger partial charge in [-0.1, -0.05) is 6.92 Å². The van der Waals surface area contributed by atoms with E-state index in [0.717, 1.165) is 6.42 Å². The van der Waals surface area contributed by atoms with Gasteiger partial charge in [-0.05, 0) is 59.0 Å². The third-order valence-corrected chi connectivity index (χ3v) is 2.90. The Morgan fingerprint density at radius 3 is 2.64 bits per heavy atom. The van der Waals surface area contributed by atoms with Crippen LogP contribution in [0.4, 0.5) is 0 Å². The summed E-state index contributed by atoms with van der Waals surface area (Å²) < 4.78 is 1.34. The topological polar surface area (TPSA) is 0 Å². The molecular weight excluding hydrogens is 267 g/mol. The molecule has 2 heteroatoms. The molecule has 0 spiro atoms. The van der Waals surface area contributed by atoms with E-state index in [4.69, 9.17) is 0 Å². The van der Waals surface area contributed by atoms with E-state index in [1.807, 2.05) is 11.8 Å². The highest BCUT2D eigenvalue weighted by Gasteiger charge is 1.95. The molecule has 0 N–H and O–H groups in total. The molecule has 0 nitrogen and oxygen atoms in total. The molecule has 0 bridgehead atoms. The maximum Gasteiger partial charge on any atom is 0.0144 e. The minimum absolute atomic E-state index is 1.13. The standard InChI is InChI=1S/C9H11IS/c1-3-7-4-8(10)6-9(5-7)11-2/h4-6H,3H2,1-2H3. The summed E-state index contributed by atoms with van der Waals surface area (Å²) in [6, 6.07) is 6.71. The van der Waals surface area contributed by atoms with Gasteiger partial charge in [-0.2, -0.15) is 0 Å². The Morgan fingerprint density at radius 1 is 1.36 bits per heavy atom. The summed E-state index contributed by atoms with van der Waals surface area (Å²) in [5, 5.41) is 0. The molecule has 0 saturated heterocycles. The zero-order valence-electron chi connectivity index (χ0n) is 6.73. The van der Waals surface area contributed by atoms with Gasteiger partial charge in [0, 0.05) is 8.47 Å². The van der Waals surface area contributed by atoms with E-state index in [9.17, 15) is 0 Å². The van der Waals surface area contributed by atoms with Gasteiger partial charge in [0.15, 0.2) is 0 Å². The zero-order chi connectivity index (χ0) is 8.27. The highest BCUT2D eigenvalue weighted by atomic mass is 127. The lowest BCUT2D eigenvalue weighted by molar-refractivity contribution is 1.12. The number of hydrogen-bond acceptors (Lipinski definition) is 1. The summed E-state index contributed by atoms with van der Waals surface area (Å²) in [7, 11) is 0. The average Bonchev–Trinajstić information content (AvgIpc) is 2.03. The van der Waals surface area contributed by atoms with Crippen LogP contribution >= 0.6 is 34.4 Å². The van der Waals surface area contributed by atoms with Crippen molar-refractivity contribution in [2.75, 3.05) is 6.26 Å². The lowest BCUT2D eigenvalue weighted by Crippen LogP contribution is -1.82. The fourth-order valence-electron chi connectivity index (χ4n) is 0.943. The number of halogens is 1. The van der Waals surface area contributed by atoms with Gasteiger partial charge in [0.05, 0.1) is 0 Å². The quantitative estimate of drug-likeness (QED) is 0.588. The Morgan fingerprint density at radius 2 is 2.09 bits per heavy atom. The lowest BCUT2D eigenvalue weighted by atomic mass is 10.2. The predicted molar refractivity (Wildman–Crippen MR) is 60.3 cm³/mol. The summed E-state index contributed by atoms with van der Waals surface area (Å²) in [6.45, 7) is 2.19. The Hall–Kier alpha value is 0.300. The molecule has 0 radical (unpaired) electrons. The van der Waals surface area contributed by atoms with Crippen LogP contribution < -0.4 is 0 Å². The average molecular weight is 278 g/mol. The van der Waals surface area contributed by atoms with Gasteiger partial charge in [-0.25, -0.2) is 0 Å². The molecule has 0 atom stereocenters. The molecule has 0 fully saturated rings. The van der Waals surface area contributed by atoms with Crippen molar-refractivity contribution in [3.63, 3.8) is 0 Å².